The number of primary amides is 1. The van der Waals surface area contributed by atoms with Crippen LogP contribution in [0.25, 0.3) is 0 Å². The highest BCUT2D eigenvalue weighted by Gasteiger charge is 2.35. The van der Waals surface area contributed by atoms with E-state index in [0.29, 0.717) is 10.6 Å². The first-order valence-electron chi connectivity index (χ1n) is 5.29. The Morgan fingerprint density at radius 1 is 1.44 bits per heavy atom. The van der Waals surface area contributed by atoms with Crippen LogP contribution in [0.1, 0.15) is 19.4 Å². The summed E-state index contributed by atoms with van der Waals surface area (Å²) in [6.07, 6.45) is 0. The Morgan fingerprint density at radius 3 is 2.50 bits per heavy atom. The highest BCUT2D eigenvalue weighted by molar-refractivity contribution is 6.31. The fourth-order valence-electron chi connectivity index (χ4n) is 1.42. The number of nitrogens with one attached hydrogen (secondary N) is 1. The third-order valence-electron chi connectivity index (χ3n) is 2.63. The summed E-state index contributed by atoms with van der Waals surface area (Å²) in [5.74, 6) is -1.16. The maximum atomic E-state index is 11.6. The van der Waals surface area contributed by atoms with Crippen molar-refractivity contribution < 1.29 is 9.59 Å². The Balaban J connectivity index is 3.16. The van der Waals surface area contributed by atoms with Gasteiger partial charge in [0, 0.05) is 5.02 Å². The summed E-state index contributed by atoms with van der Waals surface area (Å²) in [6.45, 7) is 3.02. The lowest BCUT2D eigenvalue weighted by Gasteiger charge is -2.28. The van der Waals surface area contributed by atoms with Crippen molar-refractivity contribution in [2.75, 3.05) is 0 Å². The maximum Gasteiger partial charge on any atom is 0.247 e. The van der Waals surface area contributed by atoms with Gasteiger partial charge in [-0.25, -0.2) is 0 Å². The molecular weight excluding hydrogens is 275 g/mol. The van der Waals surface area contributed by atoms with Crippen molar-refractivity contribution in [1.29, 1.82) is 0 Å². The van der Waals surface area contributed by atoms with Gasteiger partial charge < -0.3 is 11.1 Å². The fraction of sp³-hybridized carbons (Fsp3) is 0.333. The van der Waals surface area contributed by atoms with E-state index in [0.717, 1.165) is 0 Å². The number of benzene rings is 1. The van der Waals surface area contributed by atoms with Gasteiger partial charge in [0.2, 0.25) is 11.8 Å². The van der Waals surface area contributed by atoms with Crippen LogP contribution in [0.3, 0.4) is 0 Å². The molecule has 1 aromatic carbocycles. The van der Waals surface area contributed by atoms with Gasteiger partial charge in [-0.05, 0) is 31.5 Å². The highest BCUT2D eigenvalue weighted by Crippen LogP contribution is 2.23. The van der Waals surface area contributed by atoms with Gasteiger partial charge in [0.05, 0.1) is 0 Å². The Hall–Kier alpha value is -1.26. The number of rotatable bonds is 4. The number of alkyl halides is 1. The van der Waals surface area contributed by atoms with Crippen LogP contribution in [-0.2, 0) is 15.1 Å². The SMILES string of the molecule is CC(Cl)C(=O)NC(C)(C(N)=O)c1cccc(Cl)c1. The molecule has 0 saturated heterocycles. The van der Waals surface area contributed by atoms with E-state index in [1.54, 1.807) is 24.3 Å². The first-order chi connectivity index (χ1) is 8.27. The van der Waals surface area contributed by atoms with Crippen LogP contribution >= 0.6 is 23.2 Å². The topological polar surface area (TPSA) is 72.2 Å². The molecule has 0 aliphatic carbocycles. The van der Waals surface area contributed by atoms with Gasteiger partial charge in [-0.2, -0.15) is 0 Å². The minimum Gasteiger partial charge on any atom is -0.367 e. The number of nitrogens with two attached hydrogens (primary N) is 1. The maximum absolute atomic E-state index is 11.6. The molecule has 18 heavy (non-hydrogen) atoms. The molecule has 0 aliphatic rings. The lowest BCUT2D eigenvalue weighted by Crippen LogP contribution is -2.54. The van der Waals surface area contributed by atoms with E-state index in [1.165, 1.54) is 13.8 Å². The molecule has 0 fully saturated rings. The summed E-state index contributed by atoms with van der Waals surface area (Å²) in [4.78, 5) is 23.2. The summed E-state index contributed by atoms with van der Waals surface area (Å²) in [5.41, 5.74) is 4.53. The highest BCUT2D eigenvalue weighted by atomic mass is 35.5. The Bertz CT molecular complexity index is 477. The molecule has 0 heterocycles. The third-order valence-corrected chi connectivity index (χ3v) is 3.06. The number of hydrogen-bond donors (Lipinski definition) is 2. The molecule has 0 aromatic heterocycles. The van der Waals surface area contributed by atoms with Gasteiger partial charge in [-0.15, -0.1) is 11.6 Å². The van der Waals surface area contributed by atoms with Crippen LogP contribution < -0.4 is 11.1 Å². The molecule has 2 atom stereocenters. The number of carbonyl (C=O) groups excluding carboxylic acids is 2. The molecule has 98 valence electrons. The lowest BCUT2D eigenvalue weighted by molar-refractivity contribution is -0.131. The van der Waals surface area contributed by atoms with E-state index in [-0.39, 0.29) is 0 Å². The van der Waals surface area contributed by atoms with E-state index in [1.807, 2.05) is 0 Å². The molecule has 0 spiro atoms. The van der Waals surface area contributed by atoms with Crippen LogP contribution in [0.4, 0.5) is 0 Å². The average molecular weight is 289 g/mol. The first kappa shape index (κ1) is 14.8. The van der Waals surface area contributed by atoms with Gasteiger partial charge in [0.1, 0.15) is 10.9 Å². The zero-order valence-corrected chi connectivity index (χ0v) is 11.5. The Kier molecular flexibility index (Phi) is 4.59. The first-order valence-corrected chi connectivity index (χ1v) is 6.11. The van der Waals surface area contributed by atoms with Crippen LogP contribution in [0, 0.1) is 0 Å². The van der Waals surface area contributed by atoms with E-state index in [4.69, 9.17) is 28.9 Å². The molecule has 0 saturated carbocycles. The smallest absolute Gasteiger partial charge is 0.247 e. The normalized spacial score (nSPS) is 15.6. The number of hydrogen-bond acceptors (Lipinski definition) is 2. The fourth-order valence-corrected chi connectivity index (χ4v) is 1.67. The second kappa shape index (κ2) is 5.59. The van der Waals surface area contributed by atoms with Crippen molar-refractivity contribution in [1.82, 2.24) is 5.32 Å². The van der Waals surface area contributed by atoms with Gasteiger partial charge in [-0.3, -0.25) is 9.59 Å². The number of carbonyl (C=O) groups is 2. The van der Waals surface area contributed by atoms with Gasteiger partial charge in [-0.1, -0.05) is 23.7 Å². The third kappa shape index (κ3) is 3.15. The zero-order chi connectivity index (χ0) is 13.9. The monoisotopic (exact) mass is 288 g/mol. The van der Waals surface area contributed by atoms with Crippen molar-refractivity contribution in [3.8, 4) is 0 Å². The van der Waals surface area contributed by atoms with Gasteiger partial charge in [0.15, 0.2) is 0 Å². The molecule has 2 amide bonds. The van der Waals surface area contributed by atoms with Crippen molar-refractivity contribution in [2.24, 2.45) is 5.73 Å². The van der Waals surface area contributed by atoms with Gasteiger partial charge in [0.25, 0.3) is 0 Å². The van der Waals surface area contributed by atoms with Crippen molar-refractivity contribution in [2.45, 2.75) is 24.8 Å². The Morgan fingerprint density at radius 2 is 2.06 bits per heavy atom. The minimum atomic E-state index is -1.34. The average Bonchev–Trinajstić information content (AvgIpc) is 2.28. The summed E-state index contributed by atoms with van der Waals surface area (Å²) in [7, 11) is 0. The zero-order valence-electron chi connectivity index (χ0n) is 10.0. The Labute approximate surface area is 115 Å². The second-order valence-corrected chi connectivity index (χ2v) is 5.20. The second-order valence-electron chi connectivity index (χ2n) is 4.10. The molecule has 3 N–H and O–H groups in total. The molecule has 2 unspecified atom stereocenters. The summed E-state index contributed by atoms with van der Waals surface area (Å²) >= 11 is 11.5. The van der Waals surface area contributed by atoms with E-state index < -0.39 is 22.7 Å². The summed E-state index contributed by atoms with van der Waals surface area (Å²) < 4.78 is 0. The minimum absolute atomic E-state index is 0.452. The summed E-state index contributed by atoms with van der Waals surface area (Å²) in [5, 5.41) is 2.22. The van der Waals surface area contributed by atoms with E-state index in [2.05, 4.69) is 5.32 Å². The van der Waals surface area contributed by atoms with E-state index in [9.17, 15) is 9.59 Å². The molecule has 0 aliphatic heterocycles. The molecule has 1 aromatic rings. The molecule has 0 bridgehead atoms. The number of halogens is 2. The lowest BCUT2D eigenvalue weighted by atomic mass is 9.91. The van der Waals surface area contributed by atoms with E-state index >= 15 is 0 Å². The largest absolute Gasteiger partial charge is 0.367 e. The van der Waals surface area contributed by atoms with Crippen LogP contribution in [-0.4, -0.2) is 17.2 Å². The van der Waals surface area contributed by atoms with Crippen molar-refractivity contribution >= 4 is 35.0 Å². The van der Waals surface area contributed by atoms with Crippen molar-refractivity contribution in [3.63, 3.8) is 0 Å². The standard InChI is InChI=1S/C12H14Cl2N2O2/c1-7(13)10(17)16-12(2,11(15)18)8-4-3-5-9(14)6-8/h3-7H,1-2H3,(H2,15,18)(H,16,17). The van der Waals surface area contributed by atoms with Gasteiger partial charge >= 0.3 is 0 Å². The quantitative estimate of drug-likeness (QED) is 0.829. The van der Waals surface area contributed by atoms with Crippen molar-refractivity contribution in [3.05, 3.63) is 34.9 Å². The summed E-state index contributed by atoms with van der Waals surface area (Å²) in [6, 6.07) is 6.58. The molecule has 1 rings (SSSR count). The molecule has 0 radical (unpaired) electrons. The van der Waals surface area contributed by atoms with Crippen LogP contribution in [0.15, 0.2) is 24.3 Å². The predicted molar refractivity (Wildman–Crippen MR) is 71.5 cm³/mol. The molecule has 6 heteroatoms. The number of amides is 2. The van der Waals surface area contributed by atoms with Crippen LogP contribution in [0.5, 0.6) is 0 Å². The molecule has 4 nitrogen and oxygen atoms in total. The molecular formula is C12H14Cl2N2O2. The predicted octanol–water partition coefficient (Wildman–Crippen LogP) is 1.78. The van der Waals surface area contributed by atoms with Crippen LogP contribution in [0.2, 0.25) is 5.02 Å².